The molecule has 0 atom stereocenters. The van der Waals surface area contributed by atoms with E-state index in [0.29, 0.717) is 13.1 Å². The molecule has 1 aliphatic rings. The first kappa shape index (κ1) is 22.7. The van der Waals surface area contributed by atoms with Gasteiger partial charge in [0.1, 0.15) is 11.6 Å². The van der Waals surface area contributed by atoms with Crippen molar-refractivity contribution >= 4 is 21.8 Å². The number of ether oxygens (including phenoxy) is 1. The molecular weight excluding hydrogens is 425 g/mol. The van der Waals surface area contributed by atoms with E-state index in [-0.39, 0.29) is 16.2 Å². The summed E-state index contributed by atoms with van der Waals surface area (Å²) in [5.74, 6) is -1.66. The number of benzene rings is 2. The summed E-state index contributed by atoms with van der Waals surface area (Å²) >= 11 is 0. The van der Waals surface area contributed by atoms with E-state index in [0.717, 1.165) is 31.7 Å². The van der Waals surface area contributed by atoms with E-state index in [1.165, 1.54) is 46.8 Å². The normalized spacial score (nSPS) is 15.0. The highest BCUT2D eigenvalue weighted by molar-refractivity contribution is 7.89. The maximum atomic E-state index is 13.1. The predicted octanol–water partition coefficient (Wildman–Crippen LogP) is 2.23. The first-order valence-corrected chi connectivity index (χ1v) is 11.4. The number of rotatable bonds is 6. The van der Waals surface area contributed by atoms with Crippen LogP contribution in [0.2, 0.25) is 0 Å². The Morgan fingerprint density at radius 1 is 0.968 bits per heavy atom. The second-order valence-corrected chi connectivity index (χ2v) is 9.03. The summed E-state index contributed by atoms with van der Waals surface area (Å²) in [5.41, 5.74) is 4.48. The Hall–Kier alpha value is -2.98. The van der Waals surface area contributed by atoms with E-state index in [1.807, 2.05) is 0 Å². The molecule has 2 aromatic rings. The van der Waals surface area contributed by atoms with Crippen LogP contribution in [0.5, 0.6) is 5.75 Å². The van der Waals surface area contributed by atoms with Crippen LogP contribution >= 0.6 is 0 Å². The van der Waals surface area contributed by atoms with E-state index in [1.54, 1.807) is 0 Å². The number of nitrogens with one attached hydrogen (secondary N) is 2. The van der Waals surface area contributed by atoms with Crippen LogP contribution < -0.4 is 15.6 Å². The van der Waals surface area contributed by atoms with Crippen LogP contribution in [-0.2, 0) is 14.8 Å². The summed E-state index contributed by atoms with van der Waals surface area (Å²) in [6.45, 7) is 0.480. The second kappa shape index (κ2) is 10.4. The number of carbonyl (C=O) groups is 2. The van der Waals surface area contributed by atoms with Gasteiger partial charge in [-0.15, -0.1) is 0 Å². The minimum absolute atomic E-state index is 0.0304. The molecule has 2 N–H and O–H groups in total. The fraction of sp³-hybridized carbons (Fsp3) is 0.333. The molecular formula is C21H24FN3O5S. The molecule has 1 saturated heterocycles. The van der Waals surface area contributed by atoms with Crippen LogP contribution in [0.4, 0.5) is 4.39 Å². The molecule has 10 heteroatoms. The molecule has 31 heavy (non-hydrogen) atoms. The van der Waals surface area contributed by atoms with Gasteiger partial charge in [-0.2, -0.15) is 4.31 Å². The molecule has 0 aromatic heterocycles. The largest absolute Gasteiger partial charge is 0.484 e. The highest BCUT2D eigenvalue weighted by Gasteiger charge is 2.25. The van der Waals surface area contributed by atoms with Crippen molar-refractivity contribution in [3.8, 4) is 5.75 Å². The standard InChI is InChI=1S/C21H24FN3O5S/c22-17-8-6-9-18(14-17)30-15-20(26)23-24-21(27)16-7-5-10-19(13-16)31(28,29)25-11-3-1-2-4-12-25/h5-10,13-14H,1-4,11-12,15H2,(H,23,26)(H,24,27). The van der Waals surface area contributed by atoms with Crippen molar-refractivity contribution < 1.29 is 27.1 Å². The van der Waals surface area contributed by atoms with E-state index < -0.39 is 34.3 Å². The topological polar surface area (TPSA) is 105 Å². The maximum Gasteiger partial charge on any atom is 0.276 e. The summed E-state index contributed by atoms with van der Waals surface area (Å²) < 4.78 is 45.5. The Morgan fingerprint density at radius 2 is 1.68 bits per heavy atom. The van der Waals surface area contributed by atoms with Crippen molar-refractivity contribution in [1.29, 1.82) is 0 Å². The highest BCUT2D eigenvalue weighted by Crippen LogP contribution is 2.21. The SMILES string of the molecule is O=C(COc1cccc(F)c1)NNC(=O)c1cccc(S(=O)(=O)N2CCCCCC2)c1. The number of nitrogens with zero attached hydrogens (tertiary/aromatic N) is 1. The van der Waals surface area contributed by atoms with Gasteiger partial charge in [-0.3, -0.25) is 20.4 Å². The summed E-state index contributed by atoms with van der Waals surface area (Å²) in [5, 5.41) is 0. The first-order chi connectivity index (χ1) is 14.9. The molecule has 0 spiro atoms. The maximum absolute atomic E-state index is 13.1. The minimum atomic E-state index is -3.70. The lowest BCUT2D eigenvalue weighted by Crippen LogP contribution is -2.43. The molecule has 3 rings (SSSR count). The molecule has 0 saturated carbocycles. The van der Waals surface area contributed by atoms with Gasteiger partial charge in [0.05, 0.1) is 4.90 Å². The monoisotopic (exact) mass is 449 g/mol. The third-order valence-corrected chi connectivity index (χ3v) is 6.68. The summed E-state index contributed by atoms with van der Waals surface area (Å²) in [6.07, 6.45) is 3.61. The highest BCUT2D eigenvalue weighted by atomic mass is 32.2. The number of hydrogen-bond donors (Lipinski definition) is 2. The molecule has 0 radical (unpaired) electrons. The van der Waals surface area contributed by atoms with Gasteiger partial charge in [-0.25, -0.2) is 12.8 Å². The summed E-state index contributed by atoms with van der Waals surface area (Å²) in [6, 6.07) is 11.0. The zero-order valence-corrected chi connectivity index (χ0v) is 17.7. The number of hydrogen-bond acceptors (Lipinski definition) is 5. The lowest BCUT2D eigenvalue weighted by molar-refractivity contribution is -0.123. The van der Waals surface area contributed by atoms with Crippen molar-refractivity contribution in [2.45, 2.75) is 30.6 Å². The summed E-state index contributed by atoms with van der Waals surface area (Å²) in [7, 11) is -3.70. The van der Waals surface area contributed by atoms with Crippen LogP contribution in [0.3, 0.4) is 0 Å². The van der Waals surface area contributed by atoms with Crippen molar-refractivity contribution in [3.63, 3.8) is 0 Å². The van der Waals surface area contributed by atoms with Crippen molar-refractivity contribution in [2.24, 2.45) is 0 Å². The van der Waals surface area contributed by atoms with Crippen LogP contribution in [0.15, 0.2) is 53.4 Å². The minimum Gasteiger partial charge on any atom is -0.484 e. The average Bonchev–Trinajstić information content (AvgIpc) is 3.06. The van der Waals surface area contributed by atoms with Gasteiger partial charge in [0.2, 0.25) is 10.0 Å². The summed E-state index contributed by atoms with van der Waals surface area (Å²) in [4.78, 5) is 24.2. The van der Waals surface area contributed by atoms with Crippen molar-refractivity contribution in [3.05, 3.63) is 59.9 Å². The molecule has 1 fully saturated rings. The zero-order valence-electron chi connectivity index (χ0n) is 16.8. The Labute approximate surface area is 180 Å². The number of sulfonamides is 1. The van der Waals surface area contributed by atoms with Gasteiger partial charge < -0.3 is 4.74 Å². The molecule has 2 aromatic carbocycles. The molecule has 166 valence electrons. The fourth-order valence-corrected chi connectivity index (χ4v) is 4.73. The van der Waals surface area contributed by atoms with Gasteiger partial charge in [0, 0.05) is 24.7 Å². The van der Waals surface area contributed by atoms with Gasteiger partial charge in [-0.1, -0.05) is 25.0 Å². The first-order valence-electron chi connectivity index (χ1n) is 9.94. The van der Waals surface area contributed by atoms with E-state index >= 15 is 0 Å². The van der Waals surface area contributed by atoms with E-state index in [2.05, 4.69) is 10.9 Å². The Morgan fingerprint density at radius 3 is 2.39 bits per heavy atom. The van der Waals surface area contributed by atoms with Crippen molar-refractivity contribution in [1.82, 2.24) is 15.2 Å². The fourth-order valence-electron chi connectivity index (χ4n) is 3.17. The zero-order chi connectivity index (χ0) is 22.3. The lowest BCUT2D eigenvalue weighted by atomic mass is 10.2. The molecule has 0 bridgehead atoms. The quantitative estimate of drug-likeness (QED) is 0.658. The van der Waals surface area contributed by atoms with Gasteiger partial charge in [0.25, 0.3) is 11.8 Å². The van der Waals surface area contributed by atoms with Crippen LogP contribution in [0.1, 0.15) is 36.0 Å². The van der Waals surface area contributed by atoms with Crippen LogP contribution in [0, 0.1) is 5.82 Å². The Bertz CT molecular complexity index is 1040. The Balaban J connectivity index is 1.57. The molecule has 0 unspecified atom stereocenters. The number of hydrazine groups is 1. The van der Waals surface area contributed by atoms with E-state index in [9.17, 15) is 22.4 Å². The number of carbonyl (C=O) groups excluding carboxylic acids is 2. The van der Waals surface area contributed by atoms with E-state index in [4.69, 9.17) is 4.74 Å². The van der Waals surface area contributed by atoms with Gasteiger partial charge in [0.15, 0.2) is 6.61 Å². The average molecular weight is 450 g/mol. The van der Waals surface area contributed by atoms with Crippen LogP contribution in [-0.4, -0.2) is 44.2 Å². The van der Waals surface area contributed by atoms with Gasteiger partial charge in [-0.05, 0) is 43.2 Å². The molecule has 1 aliphatic heterocycles. The third-order valence-electron chi connectivity index (χ3n) is 4.78. The molecule has 1 heterocycles. The predicted molar refractivity (Wildman–Crippen MR) is 111 cm³/mol. The lowest BCUT2D eigenvalue weighted by Gasteiger charge is -2.20. The Kier molecular flexibility index (Phi) is 7.59. The molecule has 8 nitrogen and oxygen atoms in total. The molecule has 0 aliphatic carbocycles. The number of halogens is 1. The van der Waals surface area contributed by atoms with Gasteiger partial charge >= 0.3 is 0 Å². The number of amides is 2. The molecule has 2 amide bonds. The third kappa shape index (κ3) is 6.25. The van der Waals surface area contributed by atoms with Crippen molar-refractivity contribution in [2.75, 3.05) is 19.7 Å². The smallest absolute Gasteiger partial charge is 0.276 e. The second-order valence-electron chi connectivity index (χ2n) is 7.09. The van der Waals surface area contributed by atoms with Crippen LogP contribution in [0.25, 0.3) is 0 Å².